The molecule has 3 heterocycles. The normalized spacial score (nSPS) is 23.1. The van der Waals surface area contributed by atoms with Crippen LogP contribution < -0.4 is 10.2 Å². The predicted octanol–water partition coefficient (Wildman–Crippen LogP) is 0.642. The maximum atomic E-state index is 15.2. The van der Waals surface area contributed by atoms with E-state index in [9.17, 15) is 24.0 Å². The number of hydrogen-bond donors (Lipinski definition) is 1. The Labute approximate surface area is 159 Å². The van der Waals surface area contributed by atoms with Gasteiger partial charge < -0.3 is 9.69 Å². The molecule has 1 N–H and O–H groups in total. The van der Waals surface area contributed by atoms with E-state index >= 15 is 4.39 Å². The molecule has 9 heteroatoms. The van der Waals surface area contributed by atoms with Crippen LogP contribution in [0.25, 0.3) is 0 Å². The first-order valence-corrected chi connectivity index (χ1v) is 9.16. The number of imide groups is 2. The summed E-state index contributed by atoms with van der Waals surface area (Å²) in [6.45, 7) is 0.941. The number of carbonyl (C=O) groups is 5. The van der Waals surface area contributed by atoms with Crippen LogP contribution in [0, 0.1) is 11.7 Å². The van der Waals surface area contributed by atoms with Crippen LogP contribution in [0.15, 0.2) is 12.1 Å². The predicted molar refractivity (Wildman–Crippen MR) is 94.1 cm³/mol. The third-order valence-electron chi connectivity index (χ3n) is 5.60. The molecular formula is C19H18FN3O5. The van der Waals surface area contributed by atoms with Gasteiger partial charge in [-0.2, -0.15) is 0 Å². The number of hydrogen-bond acceptors (Lipinski definition) is 6. The first-order valence-electron chi connectivity index (χ1n) is 9.16. The Kier molecular flexibility index (Phi) is 4.44. The number of nitrogens with one attached hydrogen (secondary N) is 1. The van der Waals surface area contributed by atoms with Gasteiger partial charge in [-0.3, -0.25) is 29.4 Å². The van der Waals surface area contributed by atoms with Crippen LogP contribution in [0.1, 0.15) is 46.4 Å². The van der Waals surface area contributed by atoms with Crippen LogP contribution in [0.3, 0.4) is 0 Å². The van der Waals surface area contributed by atoms with Gasteiger partial charge in [0.25, 0.3) is 11.8 Å². The highest BCUT2D eigenvalue weighted by molar-refractivity contribution is 6.24. The monoisotopic (exact) mass is 387 g/mol. The molecule has 1 aromatic rings. The maximum absolute atomic E-state index is 15.2. The van der Waals surface area contributed by atoms with Gasteiger partial charge in [0.1, 0.15) is 12.3 Å². The van der Waals surface area contributed by atoms with Crippen LogP contribution in [-0.4, -0.2) is 53.9 Å². The second kappa shape index (κ2) is 6.81. The number of aldehydes is 1. The standard InChI is InChI=1S/C19H18FN3O5/c20-16-12(22-7-5-10(9-24)6-8-22)2-1-11-15(16)19(28)23(18(11)27)13-3-4-14(25)21-17(13)26/h1-2,9-10,13H,3-8H2,(H,21,25,26). The summed E-state index contributed by atoms with van der Waals surface area (Å²) in [5.41, 5.74) is -0.224. The van der Waals surface area contributed by atoms with Crippen molar-refractivity contribution in [2.75, 3.05) is 18.0 Å². The molecule has 2 fully saturated rings. The van der Waals surface area contributed by atoms with Crippen molar-refractivity contribution in [1.29, 1.82) is 0 Å². The fourth-order valence-corrected chi connectivity index (χ4v) is 4.03. The highest BCUT2D eigenvalue weighted by Gasteiger charge is 2.46. The average molecular weight is 387 g/mol. The minimum atomic E-state index is -1.13. The highest BCUT2D eigenvalue weighted by Crippen LogP contribution is 2.35. The Hall–Kier alpha value is -3.10. The number of carbonyl (C=O) groups excluding carboxylic acids is 5. The zero-order valence-electron chi connectivity index (χ0n) is 14.9. The Morgan fingerprint density at radius 1 is 1.04 bits per heavy atom. The fraction of sp³-hybridized carbons (Fsp3) is 0.421. The molecule has 0 aliphatic carbocycles. The number of rotatable bonds is 3. The first kappa shape index (κ1) is 18.3. The molecule has 2 saturated heterocycles. The van der Waals surface area contributed by atoms with E-state index in [1.165, 1.54) is 12.1 Å². The quantitative estimate of drug-likeness (QED) is 0.603. The number of anilines is 1. The van der Waals surface area contributed by atoms with Gasteiger partial charge in [-0.05, 0) is 31.4 Å². The zero-order valence-corrected chi connectivity index (χ0v) is 14.9. The fourth-order valence-electron chi connectivity index (χ4n) is 4.03. The summed E-state index contributed by atoms with van der Waals surface area (Å²) in [7, 11) is 0. The molecule has 0 spiro atoms. The Morgan fingerprint density at radius 2 is 1.75 bits per heavy atom. The van der Waals surface area contributed by atoms with Crippen molar-refractivity contribution in [3.8, 4) is 0 Å². The largest absolute Gasteiger partial charge is 0.369 e. The van der Waals surface area contributed by atoms with Gasteiger partial charge in [0.2, 0.25) is 11.8 Å². The van der Waals surface area contributed by atoms with Crippen molar-refractivity contribution in [2.45, 2.75) is 31.7 Å². The summed E-state index contributed by atoms with van der Waals surface area (Å²) < 4.78 is 15.2. The van der Waals surface area contributed by atoms with Crippen molar-refractivity contribution in [2.24, 2.45) is 5.92 Å². The molecule has 28 heavy (non-hydrogen) atoms. The molecular weight excluding hydrogens is 369 g/mol. The molecule has 146 valence electrons. The number of benzene rings is 1. The summed E-state index contributed by atoms with van der Waals surface area (Å²) in [6, 6.07) is 1.72. The number of nitrogens with zero attached hydrogens (tertiary/aromatic N) is 2. The van der Waals surface area contributed by atoms with E-state index in [4.69, 9.17) is 0 Å². The molecule has 8 nitrogen and oxygen atoms in total. The number of amides is 4. The summed E-state index contributed by atoms with van der Waals surface area (Å²) in [6.07, 6.45) is 2.11. The number of halogens is 1. The Balaban J connectivity index is 1.64. The second-order valence-electron chi connectivity index (χ2n) is 7.23. The van der Waals surface area contributed by atoms with E-state index < -0.39 is 35.5 Å². The number of fused-ring (bicyclic) bond motifs is 1. The van der Waals surface area contributed by atoms with Gasteiger partial charge in [-0.25, -0.2) is 4.39 Å². The Morgan fingerprint density at radius 3 is 2.39 bits per heavy atom. The van der Waals surface area contributed by atoms with E-state index in [1.54, 1.807) is 4.90 Å². The van der Waals surface area contributed by atoms with Gasteiger partial charge in [-0.15, -0.1) is 0 Å². The lowest BCUT2D eigenvalue weighted by atomic mass is 9.97. The van der Waals surface area contributed by atoms with E-state index in [1.807, 2.05) is 0 Å². The molecule has 4 amide bonds. The molecule has 0 bridgehead atoms. The van der Waals surface area contributed by atoms with E-state index in [0.717, 1.165) is 11.2 Å². The molecule has 1 unspecified atom stereocenters. The van der Waals surface area contributed by atoms with Crippen molar-refractivity contribution in [1.82, 2.24) is 10.2 Å². The average Bonchev–Trinajstić information content (AvgIpc) is 2.94. The van der Waals surface area contributed by atoms with Gasteiger partial charge in [0.05, 0.1) is 16.8 Å². The molecule has 1 aromatic carbocycles. The first-order chi connectivity index (χ1) is 13.4. The van der Waals surface area contributed by atoms with Gasteiger partial charge in [0.15, 0.2) is 5.82 Å². The molecule has 3 aliphatic rings. The van der Waals surface area contributed by atoms with E-state index in [0.29, 0.717) is 25.9 Å². The molecule has 0 radical (unpaired) electrons. The minimum Gasteiger partial charge on any atom is -0.369 e. The lowest BCUT2D eigenvalue weighted by Gasteiger charge is -2.32. The minimum absolute atomic E-state index is 0.00319. The van der Waals surface area contributed by atoms with Gasteiger partial charge in [0, 0.05) is 25.4 Å². The van der Waals surface area contributed by atoms with Crippen LogP contribution in [0.2, 0.25) is 0 Å². The SMILES string of the molecule is O=CC1CCN(c2ccc3c(c2F)C(=O)N(C2CCC(=O)NC2=O)C3=O)CC1. The van der Waals surface area contributed by atoms with Gasteiger partial charge >= 0.3 is 0 Å². The second-order valence-corrected chi connectivity index (χ2v) is 7.23. The van der Waals surface area contributed by atoms with Crippen molar-refractivity contribution in [3.05, 3.63) is 29.1 Å². The van der Waals surface area contributed by atoms with Crippen LogP contribution >= 0.6 is 0 Å². The number of piperidine rings is 2. The lowest BCUT2D eigenvalue weighted by Crippen LogP contribution is -2.54. The molecule has 4 rings (SSSR count). The summed E-state index contributed by atoms with van der Waals surface area (Å²) in [5.74, 6) is -3.65. The third kappa shape index (κ3) is 2.78. The van der Waals surface area contributed by atoms with Crippen molar-refractivity contribution >= 4 is 35.6 Å². The molecule has 1 atom stereocenters. The Bertz CT molecular complexity index is 907. The topological polar surface area (TPSA) is 104 Å². The van der Waals surface area contributed by atoms with Crippen LogP contribution in [-0.2, 0) is 14.4 Å². The maximum Gasteiger partial charge on any atom is 0.265 e. The summed E-state index contributed by atoms with van der Waals surface area (Å²) in [5, 5.41) is 2.11. The van der Waals surface area contributed by atoms with Crippen molar-refractivity contribution < 1.29 is 28.4 Å². The van der Waals surface area contributed by atoms with Crippen molar-refractivity contribution in [3.63, 3.8) is 0 Å². The zero-order chi connectivity index (χ0) is 20.0. The molecule has 0 saturated carbocycles. The molecule has 3 aliphatic heterocycles. The summed E-state index contributed by atoms with van der Waals surface area (Å²) in [4.78, 5) is 62.3. The lowest BCUT2D eigenvalue weighted by molar-refractivity contribution is -0.136. The summed E-state index contributed by atoms with van der Waals surface area (Å²) >= 11 is 0. The van der Waals surface area contributed by atoms with E-state index in [-0.39, 0.29) is 35.6 Å². The van der Waals surface area contributed by atoms with Gasteiger partial charge in [-0.1, -0.05) is 0 Å². The van der Waals surface area contributed by atoms with Crippen LogP contribution in [0.4, 0.5) is 10.1 Å². The smallest absolute Gasteiger partial charge is 0.265 e. The third-order valence-corrected chi connectivity index (χ3v) is 5.60. The highest BCUT2D eigenvalue weighted by atomic mass is 19.1. The van der Waals surface area contributed by atoms with E-state index in [2.05, 4.69) is 5.32 Å². The molecule has 0 aromatic heterocycles. The van der Waals surface area contributed by atoms with Crippen LogP contribution in [0.5, 0.6) is 0 Å².